The number of hydrogen-bond donors (Lipinski definition) is 2. The predicted molar refractivity (Wildman–Crippen MR) is 127 cm³/mol. The molecule has 29 heavy (non-hydrogen) atoms. The lowest BCUT2D eigenvalue weighted by atomic mass is 9.94. The van der Waals surface area contributed by atoms with Gasteiger partial charge in [-0.25, -0.2) is 4.98 Å². The second kappa shape index (κ2) is 9.95. The molecule has 2 aromatic heterocycles. The Balaban J connectivity index is 0.00000240. The maximum Gasteiger partial charge on any atom is 0.191 e. The summed E-state index contributed by atoms with van der Waals surface area (Å²) in [5.41, 5.74) is 3.82. The zero-order chi connectivity index (χ0) is 19.5. The second-order valence-electron chi connectivity index (χ2n) is 8.31. The Kier molecular flexibility index (Phi) is 7.59. The molecule has 0 amide bonds. The van der Waals surface area contributed by atoms with E-state index in [0.29, 0.717) is 12.1 Å². The minimum atomic E-state index is 0. The number of hydrogen-bond acceptors (Lipinski definition) is 3. The van der Waals surface area contributed by atoms with Gasteiger partial charge >= 0.3 is 0 Å². The highest BCUT2D eigenvalue weighted by Crippen LogP contribution is 2.21. The summed E-state index contributed by atoms with van der Waals surface area (Å²) in [6, 6.07) is 0.800. The number of aliphatic imine (C=N–C) groups is 1. The molecule has 1 aliphatic carbocycles. The summed E-state index contributed by atoms with van der Waals surface area (Å²) in [4.78, 5) is 9.19. The standard InChI is InChI=1S/C21H33N7.HI/c1-15(2)28-13-16-7-8-17(12-19(16)26-28)25-21(22-3)23-10-9-18-14-27-11-5-4-6-20(27)24-18;/h13-15,17H,4-12H2,1-3H3,(H2,22,23,25);1H. The number of imidazole rings is 1. The Bertz CT molecular complexity index is 813. The van der Waals surface area contributed by atoms with Gasteiger partial charge in [0.05, 0.1) is 11.4 Å². The van der Waals surface area contributed by atoms with Gasteiger partial charge < -0.3 is 15.2 Å². The number of guanidine groups is 1. The maximum absolute atomic E-state index is 4.78. The number of fused-ring (bicyclic) bond motifs is 2. The van der Waals surface area contributed by atoms with Crippen molar-refractivity contribution >= 4 is 29.9 Å². The average molecular weight is 511 g/mol. The van der Waals surface area contributed by atoms with Crippen LogP contribution in [0.15, 0.2) is 17.4 Å². The zero-order valence-electron chi connectivity index (χ0n) is 17.8. The highest BCUT2D eigenvalue weighted by molar-refractivity contribution is 14.0. The monoisotopic (exact) mass is 511 g/mol. The quantitative estimate of drug-likeness (QED) is 0.368. The van der Waals surface area contributed by atoms with Crippen LogP contribution in [-0.4, -0.2) is 44.9 Å². The topological polar surface area (TPSA) is 72.1 Å². The first-order valence-corrected chi connectivity index (χ1v) is 10.7. The van der Waals surface area contributed by atoms with E-state index in [2.05, 4.69) is 51.1 Å². The van der Waals surface area contributed by atoms with E-state index in [4.69, 9.17) is 10.1 Å². The average Bonchev–Trinajstić information content (AvgIpc) is 3.30. The van der Waals surface area contributed by atoms with Gasteiger partial charge in [0.2, 0.25) is 0 Å². The van der Waals surface area contributed by atoms with E-state index >= 15 is 0 Å². The van der Waals surface area contributed by atoms with Gasteiger partial charge in [0, 0.05) is 63.9 Å². The number of aromatic nitrogens is 4. The van der Waals surface area contributed by atoms with Crippen LogP contribution in [0.4, 0.5) is 0 Å². The first-order chi connectivity index (χ1) is 13.6. The summed E-state index contributed by atoms with van der Waals surface area (Å²) in [7, 11) is 1.84. The highest BCUT2D eigenvalue weighted by Gasteiger charge is 2.23. The Morgan fingerprint density at radius 2 is 2.14 bits per heavy atom. The normalized spacial score (nSPS) is 18.8. The fourth-order valence-electron chi connectivity index (χ4n) is 4.19. The maximum atomic E-state index is 4.78. The van der Waals surface area contributed by atoms with E-state index in [1.54, 1.807) is 0 Å². The van der Waals surface area contributed by atoms with Crippen LogP contribution < -0.4 is 10.6 Å². The molecule has 7 nitrogen and oxygen atoms in total. The van der Waals surface area contributed by atoms with Crippen LogP contribution in [0.3, 0.4) is 0 Å². The molecular formula is C21H34IN7. The van der Waals surface area contributed by atoms with E-state index in [-0.39, 0.29) is 24.0 Å². The summed E-state index contributed by atoms with van der Waals surface area (Å²) in [6.07, 6.45) is 12.2. The Hall–Kier alpha value is -1.58. The van der Waals surface area contributed by atoms with Crippen molar-refractivity contribution in [1.82, 2.24) is 30.0 Å². The summed E-state index contributed by atoms with van der Waals surface area (Å²) in [5, 5.41) is 11.8. The van der Waals surface area contributed by atoms with E-state index in [0.717, 1.165) is 51.2 Å². The smallest absolute Gasteiger partial charge is 0.191 e. The van der Waals surface area contributed by atoms with Crippen LogP contribution in [-0.2, 0) is 32.2 Å². The van der Waals surface area contributed by atoms with Crippen LogP contribution in [0.2, 0.25) is 0 Å². The molecule has 2 aromatic rings. The summed E-state index contributed by atoms with van der Waals surface area (Å²) in [6.45, 7) is 6.32. The SMILES string of the molecule is CN=C(NCCc1cn2c(n1)CCCC2)NC1CCc2cn(C(C)C)nc2C1.I. The molecule has 1 atom stereocenters. The fraction of sp³-hybridized carbons (Fsp3) is 0.667. The van der Waals surface area contributed by atoms with Gasteiger partial charge in [-0.1, -0.05) is 0 Å². The molecule has 2 aliphatic rings. The van der Waals surface area contributed by atoms with Gasteiger partial charge in [-0.2, -0.15) is 5.10 Å². The van der Waals surface area contributed by atoms with Crippen molar-refractivity contribution in [2.45, 2.75) is 77.4 Å². The van der Waals surface area contributed by atoms with Crippen molar-refractivity contribution < 1.29 is 0 Å². The van der Waals surface area contributed by atoms with Crippen LogP contribution in [0.1, 0.15) is 61.9 Å². The first-order valence-electron chi connectivity index (χ1n) is 10.7. The lowest BCUT2D eigenvalue weighted by molar-refractivity contribution is 0.499. The van der Waals surface area contributed by atoms with Gasteiger partial charge in [-0.15, -0.1) is 24.0 Å². The first kappa shape index (κ1) is 22.1. The molecule has 0 spiro atoms. The molecule has 0 saturated heterocycles. The van der Waals surface area contributed by atoms with Crippen molar-refractivity contribution in [2.75, 3.05) is 13.6 Å². The van der Waals surface area contributed by atoms with Crippen LogP contribution in [0.5, 0.6) is 0 Å². The zero-order valence-corrected chi connectivity index (χ0v) is 20.1. The third-order valence-electron chi connectivity index (χ3n) is 5.82. The minimum Gasteiger partial charge on any atom is -0.356 e. The van der Waals surface area contributed by atoms with E-state index < -0.39 is 0 Å². The Morgan fingerprint density at radius 1 is 1.28 bits per heavy atom. The third-order valence-corrected chi connectivity index (χ3v) is 5.82. The van der Waals surface area contributed by atoms with E-state index in [1.807, 2.05) is 7.05 Å². The van der Waals surface area contributed by atoms with Crippen molar-refractivity contribution in [3.8, 4) is 0 Å². The molecule has 8 heteroatoms. The molecule has 0 aromatic carbocycles. The number of nitrogens with one attached hydrogen (secondary N) is 2. The molecule has 3 heterocycles. The third kappa shape index (κ3) is 5.32. The number of rotatable bonds is 5. The Morgan fingerprint density at radius 3 is 2.90 bits per heavy atom. The molecular weight excluding hydrogens is 477 g/mol. The van der Waals surface area contributed by atoms with Gasteiger partial charge in [0.15, 0.2) is 5.96 Å². The molecule has 0 bridgehead atoms. The highest BCUT2D eigenvalue weighted by atomic mass is 127. The lowest BCUT2D eigenvalue weighted by Crippen LogP contribution is -2.46. The van der Waals surface area contributed by atoms with Crippen LogP contribution in [0, 0.1) is 0 Å². The molecule has 0 fully saturated rings. The van der Waals surface area contributed by atoms with Gasteiger partial charge in [0.25, 0.3) is 0 Å². The molecule has 2 N–H and O–H groups in total. The van der Waals surface area contributed by atoms with Crippen molar-refractivity contribution in [3.05, 3.63) is 35.2 Å². The summed E-state index contributed by atoms with van der Waals surface area (Å²) < 4.78 is 4.41. The van der Waals surface area contributed by atoms with Gasteiger partial charge in [-0.05, 0) is 45.1 Å². The Labute approximate surface area is 190 Å². The molecule has 0 radical (unpaired) electrons. The van der Waals surface area contributed by atoms with Crippen molar-refractivity contribution in [1.29, 1.82) is 0 Å². The molecule has 1 aliphatic heterocycles. The number of nitrogens with zero attached hydrogens (tertiary/aromatic N) is 5. The summed E-state index contributed by atoms with van der Waals surface area (Å²) >= 11 is 0. The van der Waals surface area contributed by atoms with E-state index in [1.165, 1.54) is 35.6 Å². The molecule has 1 unspecified atom stereocenters. The minimum absolute atomic E-state index is 0. The van der Waals surface area contributed by atoms with E-state index in [9.17, 15) is 0 Å². The molecule has 4 rings (SSSR count). The number of halogens is 1. The predicted octanol–water partition coefficient (Wildman–Crippen LogP) is 2.88. The van der Waals surface area contributed by atoms with Gasteiger partial charge in [-0.3, -0.25) is 9.67 Å². The second-order valence-corrected chi connectivity index (χ2v) is 8.31. The summed E-state index contributed by atoms with van der Waals surface area (Å²) in [5.74, 6) is 2.13. The number of aryl methyl sites for hydroxylation is 3. The van der Waals surface area contributed by atoms with Crippen molar-refractivity contribution in [3.63, 3.8) is 0 Å². The van der Waals surface area contributed by atoms with Crippen molar-refractivity contribution in [2.24, 2.45) is 4.99 Å². The molecule has 0 saturated carbocycles. The van der Waals surface area contributed by atoms with Gasteiger partial charge in [0.1, 0.15) is 5.82 Å². The van der Waals surface area contributed by atoms with Crippen LogP contribution in [0.25, 0.3) is 0 Å². The lowest BCUT2D eigenvalue weighted by Gasteiger charge is -2.24. The largest absolute Gasteiger partial charge is 0.356 e. The fourth-order valence-corrected chi connectivity index (χ4v) is 4.19. The van der Waals surface area contributed by atoms with Crippen LogP contribution >= 0.6 is 24.0 Å². The molecule has 160 valence electrons.